The van der Waals surface area contributed by atoms with Gasteiger partial charge in [0.2, 0.25) is 11.8 Å². The molecule has 1 aromatic heterocycles. The Balaban J connectivity index is 1.58. The Kier molecular flexibility index (Phi) is 7.88. The summed E-state index contributed by atoms with van der Waals surface area (Å²) in [7, 11) is 0. The number of allylic oxidation sites excluding steroid dienone is 1. The summed E-state index contributed by atoms with van der Waals surface area (Å²) in [6.45, 7) is 6.01. The van der Waals surface area contributed by atoms with Crippen molar-refractivity contribution in [3.8, 4) is 6.07 Å². The third-order valence-electron chi connectivity index (χ3n) is 5.67. The maximum Gasteiger partial charge on any atom is 0.234 e. The highest BCUT2D eigenvalue weighted by molar-refractivity contribution is 8.03. The summed E-state index contributed by atoms with van der Waals surface area (Å²) in [5.74, 6) is -2.24. The van der Waals surface area contributed by atoms with Crippen molar-refractivity contribution in [3.63, 3.8) is 0 Å². The molecule has 3 N–H and O–H groups in total. The normalized spacial score (nSPS) is 17.2. The van der Waals surface area contributed by atoms with Crippen molar-refractivity contribution in [2.24, 2.45) is 5.92 Å². The number of rotatable bonds is 7. The maximum absolute atomic E-state index is 13.5. The van der Waals surface area contributed by atoms with E-state index >= 15 is 0 Å². The van der Waals surface area contributed by atoms with E-state index in [0.29, 0.717) is 27.7 Å². The molecule has 2 unspecified atom stereocenters. The number of hydrogen-bond donors (Lipinski definition) is 3. The van der Waals surface area contributed by atoms with Crippen LogP contribution in [0.5, 0.6) is 0 Å². The largest absolute Gasteiger partial charge is 0.353 e. The Morgan fingerprint density at radius 1 is 1.14 bits per heavy atom. The van der Waals surface area contributed by atoms with Gasteiger partial charge in [-0.25, -0.2) is 4.39 Å². The lowest BCUT2D eigenvalue weighted by atomic mass is 9.80. The first-order chi connectivity index (χ1) is 17.4. The topological polar surface area (TPSA) is 94.0 Å². The van der Waals surface area contributed by atoms with Gasteiger partial charge in [-0.1, -0.05) is 42.6 Å². The van der Waals surface area contributed by atoms with E-state index in [9.17, 15) is 19.2 Å². The number of nitrogens with zero attached hydrogens (tertiary/aromatic N) is 1. The molecular weight excluding hydrogens is 495 g/mol. The van der Waals surface area contributed by atoms with Gasteiger partial charge in [0.1, 0.15) is 5.82 Å². The highest BCUT2D eigenvalue weighted by atomic mass is 32.2. The Labute approximate surface area is 216 Å². The minimum atomic E-state index is -0.727. The Hall–Kier alpha value is -3.87. The number of halogens is 1. The fourth-order valence-electron chi connectivity index (χ4n) is 3.91. The van der Waals surface area contributed by atoms with Crippen molar-refractivity contribution in [1.82, 2.24) is 5.32 Å². The molecule has 182 valence electrons. The summed E-state index contributed by atoms with van der Waals surface area (Å²) in [5, 5.41) is 21.3. The van der Waals surface area contributed by atoms with Gasteiger partial charge in [-0.3, -0.25) is 9.59 Å². The smallest absolute Gasteiger partial charge is 0.234 e. The molecule has 1 aliphatic rings. The van der Waals surface area contributed by atoms with E-state index in [1.807, 2.05) is 48.7 Å². The predicted molar refractivity (Wildman–Crippen MR) is 143 cm³/mol. The molecule has 1 aliphatic heterocycles. The Bertz CT molecular complexity index is 1360. The second-order valence-corrected chi connectivity index (χ2v) is 10.1. The molecule has 0 spiro atoms. The number of aryl methyl sites for hydroxylation is 1. The number of carbonyl (C=O) groups is 2. The standard InChI is InChI=1S/C27H23FN4O2S2/c1-16-6-3-4-7-21(16)32-26(34)24-17(2)30-27(20(14-29)25(24)22-8-5-13-35-22)36-15-23(33)31-19-11-9-18(28)10-12-19/h3-13,24-25,30H,2,15H2,1H3,(H,31,33)(H,32,34). The highest BCUT2D eigenvalue weighted by Gasteiger charge is 2.41. The van der Waals surface area contributed by atoms with Gasteiger partial charge in [0.05, 0.1) is 28.3 Å². The first kappa shape index (κ1) is 25.2. The predicted octanol–water partition coefficient (Wildman–Crippen LogP) is 5.76. The van der Waals surface area contributed by atoms with Crippen LogP contribution in [0, 0.1) is 30.0 Å². The number of nitriles is 1. The minimum Gasteiger partial charge on any atom is -0.353 e. The number of hydrogen-bond acceptors (Lipinski definition) is 6. The second kappa shape index (κ2) is 11.2. The number of nitrogens with one attached hydrogen (secondary N) is 3. The van der Waals surface area contributed by atoms with E-state index in [1.165, 1.54) is 35.6 Å². The molecule has 0 saturated heterocycles. The number of benzene rings is 2. The number of amides is 2. The Morgan fingerprint density at radius 2 is 1.89 bits per heavy atom. The summed E-state index contributed by atoms with van der Waals surface area (Å²) in [6.07, 6.45) is 0. The van der Waals surface area contributed by atoms with Crippen LogP contribution in [0.2, 0.25) is 0 Å². The molecular formula is C27H23FN4O2S2. The Morgan fingerprint density at radius 3 is 2.56 bits per heavy atom. The molecule has 2 heterocycles. The first-order valence-corrected chi connectivity index (χ1v) is 12.9. The molecule has 2 aromatic carbocycles. The molecule has 9 heteroatoms. The van der Waals surface area contributed by atoms with Gasteiger partial charge in [-0.2, -0.15) is 5.26 Å². The van der Waals surface area contributed by atoms with Crippen LogP contribution in [0.3, 0.4) is 0 Å². The van der Waals surface area contributed by atoms with Crippen LogP contribution < -0.4 is 16.0 Å². The average Bonchev–Trinajstić information content (AvgIpc) is 3.39. The lowest BCUT2D eigenvalue weighted by Crippen LogP contribution is -2.39. The van der Waals surface area contributed by atoms with Gasteiger partial charge < -0.3 is 16.0 Å². The molecule has 0 aliphatic carbocycles. The second-order valence-electron chi connectivity index (χ2n) is 8.12. The zero-order valence-electron chi connectivity index (χ0n) is 19.4. The van der Waals surface area contributed by atoms with Crippen molar-refractivity contribution < 1.29 is 14.0 Å². The number of thioether (sulfide) groups is 1. The fourth-order valence-corrected chi connectivity index (χ4v) is 5.66. The quantitative estimate of drug-likeness (QED) is 0.370. The fraction of sp³-hybridized carbons (Fsp3) is 0.148. The number of thiophene rings is 1. The van der Waals surface area contributed by atoms with E-state index in [-0.39, 0.29) is 17.6 Å². The molecule has 0 bridgehead atoms. The molecule has 0 saturated carbocycles. The summed E-state index contributed by atoms with van der Waals surface area (Å²) in [5.41, 5.74) is 2.91. The van der Waals surface area contributed by atoms with Crippen molar-refractivity contribution in [3.05, 3.63) is 105 Å². The van der Waals surface area contributed by atoms with Crippen molar-refractivity contribution >= 4 is 46.3 Å². The van der Waals surface area contributed by atoms with Gasteiger partial charge in [-0.05, 0) is 54.3 Å². The molecule has 36 heavy (non-hydrogen) atoms. The minimum absolute atomic E-state index is 0.00933. The SMILES string of the molecule is C=C1NC(SCC(=O)Nc2ccc(F)cc2)=C(C#N)C(c2cccs2)C1C(=O)Nc1ccccc1C. The van der Waals surface area contributed by atoms with E-state index in [0.717, 1.165) is 22.2 Å². The van der Waals surface area contributed by atoms with E-state index < -0.39 is 17.7 Å². The van der Waals surface area contributed by atoms with Crippen molar-refractivity contribution in [2.45, 2.75) is 12.8 Å². The highest BCUT2D eigenvalue weighted by Crippen LogP contribution is 2.44. The van der Waals surface area contributed by atoms with E-state index in [1.54, 1.807) is 0 Å². The first-order valence-electron chi connectivity index (χ1n) is 11.1. The van der Waals surface area contributed by atoms with Crippen molar-refractivity contribution in [2.75, 3.05) is 16.4 Å². The van der Waals surface area contributed by atoms with Crippen LogP contribution in [0.1, 0.15) is 16.4 Å². The van der Waals surface area contributed by atoms with Crippen LogP contribution in [0.25, 0.3) is 0 Å². The number of carbonyl (C=O) groups excluding carboxylic acids is 2. The summed E-state index contributed by atoms with van der Waals surface area (Å²) in [4.78, 5) is 26.8. The van der Waals surface area contributed by atoms with Gasteiger partial charge in [0, 0.05) is 27.9 Å². The van der Waals surface area contributed by atoms with Gasteiger partial charge in [0.15, 0.2) is 0 Å². The molecule has 3 aromatic rings. The monoisotopic (exact) mass is 518 g/mol. The molecule has 4 rings (SSSR count). The summed E-state index contributed by atoms with van der Waals surface area (Å²) < 4.78 is 13.1. The third-order valence-corrected chi connectivity index (χ3v) is 7.64. The van der Waals surface area contributed by atoms with E-state index in [2.05, 4.69) is 28.6 Å². The van der Waals surface area contributed by atoms with Gasteiger partial charge >= 0.3 is 0 Å². The molecule has 2 amide bonds. The van der Waals surface area contributed by atoms with Gasteiger partial charge in [-0.15, -0.1) is 11.3 Å². The molecule has 6 nitrogen and oxygen atoms in total. The third kappa shape index (κ3) is 5.67. The van der Waals surface area contributed by atoms with Crippen LogP contribution in [0.4, 0.5) is 15.8 Å². The molecule has 0 radical (unpaired) electrons. The zero-order valence-corrected chi connectivity index (χ0v) is 21.0. The molecule has 2 atom stereocenters. The van der Waals surface area contributed by atoms with Gasteiger partial charge in [0.25, 0.3) is 0 Å². The molecule has 0 fully saturated rings. The van der Waals surface area contributed by atoms with Crippen LogP contribution in [-0.2, 0) is 9.59 Å². The summed E-state index contributed by atoms with van der Waals surface area (Å²) in [6, 6.07) is 19.0. The van der Waals surface area contributed by atoms with Crippen LogP contribution >= 0.6 is 23.1 Å². The van der Waals surface area contributed by atoms with Crippen molar-refractivity contribution in [1.29, 1.82) is 5.26 Å². The van der Waals surface area contributed by atoms with Crippen LogP contribution in [0.15, 0.2) is 88.9 Å². The maximum atomic E-state index is 13.5. The lowest BCUT2D eigenvalue weighted by Gasteiger charge is -2.34. The number of para-hydroxylation sites is 1. The van der Waals surface area contributed by atoms with E-state index in [4.69, 9.17) is 0 Å². The summed E-state index contributed by atoms with van der Waals surface area (Å²) >= 11 is 2.61. The lowest BCUT2D eigenvalue weighted by molar-refractivity contribution is -0.119. The average molecular weight is 519 g/mol. The number of anilines is 2. The van der Waals surface area contributed by atoms with Crippen LogP contribution in [-0.4, -0.2) is 17.6 Å². The zero-order chi connectivity index (χ0) is 25.7.